The summed E-state index contributed by atoms with van der Waals surface area (Å²) >= 11 is 0. The Morgan fingerprint density at radius 1 is 1.24 bits per heavy atom. The lowest BCUT2D eigenvalue weighted by Gasteiger charge is -2.32. The molecule has 1 saturated heterocycles. The number of rotatable bonds is 5. The number of benzene rings is 1. The quantitative estimate of drug-likeness (QED) is 0.902. The fourth-order valence-corrected chi connectivity index (χ4v) is 3.20. The first kappa shape index (κ1) is 17.2. The maximum absolute atomic E-state index is 12.7. The summed E-state index contributed by atoms with van der Waals surface area (Å²) in [7, 11) is 1.58. The Bertz CT molecular complexity index is 749. The summed E-state index contributed by atoms with van der Waals surface area (Å²) in [5, 5.41) is 8.99. The minimum absolute atomic E-state index is 0.116. The average molecular weight is 343 g/mol. The molecular formula is C19H21NO5. The molecule has 1 N–H and O–H groups in total. The third-order valence-electron chi connectivity index (χ3n) is 4.50. The topological polar surface area (TPSA) is 80.0 Å². The van der Waals surface area contributed by atoms with Crippen molar-refractivity contribution in [3.8, 4) is 0 Å². The third-order valence-corrected chi connectivity index (χ3v) is 4.50. The Morgan fingerprint density at radius 2 is 2.00 bits per heavy atom. The highest BCUT2D eigenvalue weighted by atomic mass is 16.5. The van der Waals surface area contributed by atoms with Crippen molar-refractivity contribution in [2.75, 3.05) is 20.2 Å². The van der Waals surface area contributed by atoms with Crippen LogP contribution in [0.5, 0.6) is 0 Å². The smallest absolute Gasteiger partial charge is 0.335 e. The zero-order chi connectivity index (χ0) is 17.8. The Hall–Kier alpha value is -2.60. The van der Waals surface area contributed by atoms with E-state index < -0.39 is 5.97 Å². The highest BCUT2D eigenvalue weighted by molar-refractivity contribution is 5.91. The number of furan rings is 1. The number of hydrogen-bond donors (Lipinski definition) is 1. The van der Waals surface area contributed by atoms with Crippen molar-refractivity contribution < 1.29 is 23.8 Å². The van der Waals surface area contributed by atoms with Crippen LogP contribution in [0.25, 0.3) is 0 Å². The molecule has 0 bridgehead atoms. The van der Waals surface area contributed by atoms with Gasteiger partial charge in [0.15, 0.2) is 5.76 Å². The molecule has 2 heterocycles. The van der Waals surface area contributed by atoms with Crippen molar-refractivity contribution in [2.45, 2.75) is 25.4 Å². The fraction of sp³-hybridized carbons (Fsp3) is 0.368. The van der Waals surface area contributed by atoms with E-state index in [1.807, 2.05) is 12.1 Å². The summed E-state index contributed by atoms with van der Waals surface area (Å²) in [6, 6.07) is 10.3. The number of hydrogen-bond acceptors (Lipinski definition) is 4. The maximum atomic E-state index is 12.7. The number of aromatic carboxylic acids is 1. The van der Waals surface area contributed by atoms with Crippen LogP contribution < -0.4 is 0 Å². The van der Waals surface area contributed by atoms with E-state index in [1.165, 1.54) is 0 Å². The monoisotopic (exact) mass is 343 g/mol. The lowest BCUT2D eigenvalue weighted by molar-refractivity contribution is 0.0666. The highest BCUT2D eigenvalue weighted by Crippen LogP contribution is 2.28. The largest absolute Gasteiger partial charge is 0.478 e. The van der Waals surface area contributed by atoms with Gasteiger partial charge in [0.1, 0.15) is 12.4 Å². The predicted octanol–water partition coefficient (Wildman–Crippen LogP) is 3.14. The van der Waals surface area contributed by atoms with Gasteiger partial charge >= 0.3 is 5.97 Å². The number of carbonyl (C=O) groups is 2. The number of likely N-dealkylation sites (tertiary alicyclic amines) is 1. The SMILES string of the molecule is COCc1ccc(C(=O)N2CCCC(c3ccc(C(=O)O)cc3)C2)o1. The van der Waals surface area contributed by atoms with Gasteiger partial charge in [-0.3, -0.25) is 4.79 Å². The summed E-state index contributed by atoms with van der Waals surface area (Å²) in [6.07, 6.45) is 1.88. The zero-order valence-corrected chi connectivity index (χ0v) is 14.1. The second-order valence-electron chi connectivity index (χ2n) is 6.22. The van der Waals surface area contributed by atoms with Gasteiger partial charge in [-0.25, -0.2) is 4.79 Å². The molecule has 1 aliphatic rings. The lowest BCUT2D eigenvalue weighted by Crippen LogP contribution is -2.39. The third kappa shape index (κ3) is 3.91. The van der Waals surface area contributed by atoms with Gasteiger partial charge in [-0.05, 0) is 42.7 Å². The van der Waals surface area contributed by atoms with Crippen molar-refractivity contribution in [1.29, 1.82) is 0 Å². The summed E-state index contributed by atoms with van der Waals surface area (Å²) < 4.78 is 10.5. The van der Waals surface area contributed by atoms with Crippen molar-refractivity contribution in [3.05, 3.63) is 59.0 Å². The minimum atomic E-state index is -0.934. The van der Waals surface area contributed by atoms with Crippen LogP contribution in [-0.4, -0.2) is 42.1 Å². The summed E-state index contributed by atoms with van der Waals surface area (Å²) in [5.41, 5.74) is 1.33. The van der Waals surface area contributed by atoms with Crippen molar-refractivity contribution in [3.63, 3.8) is 0 Å². The molecule has 3 rings (SSSR count). The number of amides is 1. The second kappa shape index (κ2) is 7.53. The van der Waals surface area contributed by atoms with Gasteiger partial charge in [-0.15, -0.1) is 0 Å². The molecule has 0 aliphatic carbocycles. The van der Waals surface area contributed by atoms with Crippen LogP contribution in [0.2, 0.25) is 0 Å². The van der Waals surface area contributed by atoms with E-state index in [9.17, 15) is 9.59 Å². The Morgan fingerprint density at radius 3 is 2.68 bits per heavy atom. The number of carboxylic acid groups (broad SMARTS) is 1. The van der Waals surface area contributed by atoms with Crippen LogP contribution in [0.4, 0.5) is 0 Å². The molecular weight excluding hydrogens is 322 g/mol. The van der Waals surface area contributed by atoms with Crippen LogP contribution in [-0.2, 0) is 11.3 Å². The molecule has 0 spiro atoms. The van der Waals surface area contributed by atoms with E-state index in [0.29, 0.717) is 31.2 Å². The summed E-state index contributed by atoms with van der Waals surface area (Å²) in [5.74, 6) is 0.109. The van der Waals surface area contributed by atoms with E-state index in [1.54, 1.807) is 36.3 Å². The molecule has 1 fully saturated rings. The second-order valence-corrected chi connectivity index (χ2v) is 6.22. The zero-order valence-electron chi connectivity index (χ0n) is 14.1. The van der Waals surface area contributed by atoms with Gasteiger partial charge in [0.05, 0.1) is 5.56 Å². The predicted molar refractivity (Wildman–Crippen MR) is 90.7 cm³/mol. The van der Waals surface area contributed by atoms with E-state index in [0.717, 1.165) is 18.4 Å². The Labute approximate surface area is 146 Å². The normalized spacial score (nSPS) is 17.5. The first-order valence-corrected chi connectivity index (χ1v) is 8.28. The van der Waals surface area contributed by atoms with Crippen LogP contribution in [0.3, 0.4) is 0 Å². The van der Waals surface area contributed by atoms with Crippen LogP contribution in [0.1, 0.15) is 51.0 Å². The molecule has 1 aliphatic heterocycles. The van der Waals surface area contributed by atoms with Crippen LogP contribution in [0, 0.1) is 0 Å². The van der Waals surface area contributed by atoms with Gasteiger partial charge in [0.2, 0.25) is 0 Å². The number of carboxylic acids is 1. The number of methoxy groups -OCH3 is 1. The Kier molecular flexibility index (Phi) is 5.19. The summed E-state index contributed by atoms with van der Waals surface area (Å²) in [6.45, 7) is 1.64. The number of ether oxygens (including phenoxy) is 1. The van der Waals surface area contributed by atoms with Crippen molar-refractivity contribution >= 4 is 11.9 Å². The van der Waals surface area contributed by atoms with E-state index in [4.69, 9.17) is 14.3 Å². The molecule has 1 unspecified atom stereocenters. The Balaban J connectivity index is 1.69. The first-order valence-electron chi connectivity index (χ1n) is 8.28. The molecule has 1 atom stereocenters. The molecule has 132 valence electrons. The van der Waals surface area contributed by atoms with Gasteiger partial charge in [-0.2, -0.15) is 0 Å². The lowest BCUT2D eigenvalue weighted by atomic mass is 9.90. The van der Waals surface area contributed by atoms with Crippen LogP contribution >= 0.6 is 0 Å². The fourth-order valence-electron chi connectivity index (χ4n) is 3.20. The minimum Gasteiger partial charge on any atom is -0.478 e. The molecule has 0 radical (unpaired) electrons. The highest BCUT2D eigenvalue weighted by Gasteiger charge is 2.27. The molecule has 6 heteroatoms. The van der Waals surface area contributed by atoms with E-state index >= 15 is 0 Å². The average Bonchev–Trinajstić information content (AvgIpc) is 3.10. The number of carbonyl (C=O) groups excluding carboxylic acids is 1. The molecule has 25 heavy (non-hydrogen) atoms. The van der Waals surface area contributed by atoms with E-state index in [2.05, 4.69) is 0 Å². The molecule has 1 aromatic heterocycles. The molecule has 2 aromatic rings. The van der Waals surface area contributed by atoms with Gasteiger partial charge in [0.25, 0.3) is 5.91 Å². The van der Waals surface area contributed by atoms with E-state index in [-0.39, 0.29) is 17.4 Å². The number of nitrogens with zero attached hydrogens (tertiary/aromatic N) is 1. The summed E-state index contributed by atoms with van der Waals surface area (Å²) in [4.78, 5) is 25.4. The first-order chi connectivity index (χ1) is 12.1. The molecule has 1 aromatic carbocycles. The van der Waals surface area contributed by atoms with Crippen molar-refractivity contribution in [1.82, 2.24) is 4.90 Å². The van der Waals surface area contributed by atoms with Gasteiger partial charge in [-0.1, -0.05) is 12.1 Å². The maximum Gasteiger partial charge on any atom is 0.335 e. The van der Waals surface area contributed by atoms with Crippen LogP contribution in [0.15, 0.2) is 40.8 Å². The molecule has 1 amide bonds. The molecule has 6 nitrogen and oxygen atoms in total. The van der Waals surface area contributed by atoms with Gasteiger partial charge in [0, 0.05) is 26.1 Å². The van der Waals surface area contributed by atoms with Crippen molar-refractivity contribution in [2.24, 2.45) is 0 Å². The standard InChI is InChI=1S/C19H21NO5/c1-24-12-16-8-9-17(25-16)18(21)20-10-2-3-15(11-20)13-4-6-14(7-5-13)19(22)23/h4-9,15H,2-3,10-12H2,1H3,(H,22,23). The van der Waals surface area contributed by atoms with Gasteiger partial charge < -0.3 is 19.2 Å². The molecule has 0 saturated carbocycles. The number of piperidine rings is 1.